The molecule has 0 unspecified atom stereocenters. The van der Waals surface area contributed by atoms with Crippen LogP contribution in [0.15, 0.2) is 18.2 Å². The van der Waals surface area contributed by atoms with Crippen molar-refractivity contribution >= 4 is 23.2 Å². The lowest BCUT2D eigenvalue weighted by Crippen LogP contribution is -2.36. The molecule has 1 heterocycles. The highest BCUT2D eigenvalue weighted by molar-refractivity contribution is 7.17. The van der Waals surface area contributed by atoms with Gasteiger partial charge in [-0.2, -0.15) is 0 Å². The van der Waals surface area contributed by atoms with Crippen molar-refractivity contribution in [3.63, 3.8) is 0 Å². The summed E-state index contributed by atoms with van der Waals surface area (Å²) in [6.45, 7) is 3.71. The van der Waals surface area contributed by atoms with E-state index >= 15 is 0 Å². The van der Waals surface area contributed by atoms with E-state index in [2.05, 4.69) is 4.98 Å². The van der Waals surface area contributed by atoms with Crippen molar-refractivity contribution in [1.29, 1.82) is 0 Å². The summed E-state index contributed by atoms with van der Waals surface area (Å²) in [6, 6.07) is 5.42. The zero-order valence-electron chi connectivity index (χ0n) is 15.2. The van der Waals surface area contributed by atoms with E-state index in [-0.39, 0.29) is 12.5 Å². The van der Waals surface area contributed by atoms with Crippen molar-refractivity contribution in [3.8, 4) is 22.1 Å². The van der Waals surface area contributed by atoms with Crippen molar-refractivity contribution < 1.29 is 24.2 Å². The van der Waals surface area contributed by atoms with Crippen molar-refractivity contribution in [1.82, 2.24) is 9.88 Å². The summed E-state index contributed by atoms with van der Waals surface area (Å²) in [6.07, 6.45) is 0.680. The van der Waals surface area contributed by atoms with Crippen molar-refractivity contribution in [2.75, 3.05) is 27.3 Å². The van der Waals surface area contributed by atoms with E-state index < -0.39 is 5.97 Å². The van der Waals surface area contributed by atoms with E-state index in [1.54, 1.807) is 33.3 Å². The summed E-state index contributed by atoms with van der Waals surface area (Å²) < 4.78 is 10.5. The Balaban J connectivity index is 2.36. The Morgan fingerprint density at radius 2 is 1.92 bits per heavy atom. The number of aliphatic carboxylic acids is 1. The molecule has 0 spiro atoms. The number of ether oxygens (including phenoxy) is 2. The van der Waals surface area contributed by atoms with Gasteiger partial charge in [-0.25, -0.2) is 4.98 Å². The van der Waals surface area contributed by atoms with Crippen molar-refractivity contribution in [3.05, 3.63) is 28.8 Å². The van der Waals surface area contributed by atoms with Crippen LogP contribution in [0.3, 0.4) is 0 Å². The molecule has 0 aliphatic carbocycles. The molecule has 2 rings (SSSR count). The summed E-state index contributed by atoms with van der Waals surface area (Å²) in [7, 11) is 3.12. The predicted octanol–water partition coefficient (Wildman–Crippen LogP) is 3.07. The Morgan fingerprint density at radius 1 is 1.23 bits per heavy atom. The number of nitrogens with zero attached hydrogens (tertiary/aromatic N) is 2. The smallest absolute Gasteiger partial charge is 0.323 e. The predicted molar refractivity (Wildman–Crippen MR) is 99.2 cm³/mol. The maximum Gasteiger partial charge on any atom is 0.323 e. The number of carbonyl (C=O) groups is 2. The number of thiazole rings is 1. The molecule has 26 heavy (non-hydrogen) atoms. The summed E-state index contributed by atoms with van der Waals surface area (Å²) in [5.74, 6) is -0.161. The molecular weight excluding hydrogens is 356 g/mol. The minimum absolute atomic E-state index is 0.309. The van der Waals surface area contributed by atoms with E-state index in [1.807, 2.05) is 13.0 Å². The average molecular weight is 378 g/mol. The number of rotatable bonds is 8. The number of hydrogen-bond acceptors (Lipinski definition) is 6. The van der Waals surface area contributed by atoms with Crippen LogP contribution in [0, 0.1) is 6.92 Å². The molecule has 2 aromatic rings. The van der Waals surface area contributed by atoms with Gasteiger partial charge in [0.1, 0.15) is 16.4 Å². The van der Waals surface area contributed by atoms with E-state index in [1.165, 1.54) is 16.2 Å². The van der Waals surface area contributed by atoms with Gasteiger partial charge in [0.15, 0.2) is 11.5 Å². The molecule has 1 aromatic heterocycles. The fourth-order valence-corrected chi connectivity index (χ4v) is 3.55. The van der Waals surface area contributed by atoms with Crippen LogP contribution < -0.4 is 9.47 Å². The highest BCUT2D eigenvalue weighted by atomic mass is 32.1. The molecule has 1 aromatic carbocycles. The van der Waals surface area contributed by atoms with Crippen LogP contribution in [0.25, 0.3) is 10.6 Å². The van der Waals surface area contributed by atoms with E-state index in [0.717, 1.165) is 5.56 Å². The van der Waals surface area contributed by atoms with Gasteiger partial charge in [0.05, 0.1) is 19.9 Å². The lowest BCUT2D eigenvalue weighted by molar-refractivity contribution is -0.137. The zero-order chi connectivity index (χ0) is 19.3. The van der Waals surface area contributed by atoms with Crippen LogP contribution in [0.4, 0.5) is 0 Å². The van der Waals surface area contributed by atoms with E-state index in [0.29, 0.717) is 40.0 Å². The maximum atomic E-state index is 12.7. The van der Waals surface area contributed by atoms with Gasteiger partial charge < -0.3 is 19.5 Å². The number of aryl methyl sites for hydroxylation is 1. The topological polar surface area (TPSA) is 89.0 Å². The van der Waals surface area contributed by atoms with Crippen LogP contribution in [0.1, 0.15) is 28.7 Å². The minimum Gasteiger partial charge on any atom is -0.493 e. The Labute approximate surface area is 156 Å². The summed E-state index contributed by atoms with van der Waals surface area (Å²) in [5.41, 5.74) is 1.38. The SMILES string of the molecule is CCCN(CC(=O)O)C(=O)c1sc(-c2ccc(OC)c(OC)c2)nc1C. The van der Waals surface area contributed by atoms with Gasteiger partial charge >= 0.3 is 5.97 Å². The summed E-state index contributed by atoms with van der Waals surface area (Å²) >= 11 is 1.24. The number of methoxy groups -OCH3 is 2. The third-order valence-corrected chi connectivity index (χ3v) is 4.92. The monoisotopic (exact) mass is 378 g/mol. The molecule has 0 fully saturated rings. The third-order valence-electron chi connectivity index (χ3n) is 3.73. The minimum atomic E-state index is -1.03. The molecule has 0 saturated carbocycles. The molecule has 7 nitrogen and oxygen atoms in total. The summed E-state index contributed by atoms with van der Waals surface area (Å²) in [5, 5.41) is 9.70. The second-order valence-electron chi connectivity index (χ2n) is 5.62. The number of hydrogen-bond donors (Lipinski definition) is 1. The zero-order valence-corrected chi connectivity index (χ0v) is 16.1. The molecule has 1 amide bonds. The van der Waals surface area contributed by atoms with Crippen LogP contribution in [0.2, 0.25) is 0 Å². The van der Waals surface area contributed by atoms with Crippen LogP contribution in [-0.2, 0) is 4.79 Å². The maximum absolute atomic E-state index is 12.7. The lowest BCUT2D eigenvalue weighted by atomic mass is 10.2. The molecule has 0 aliphatic rings. The molecule has 0 aliphatic heterocycles. The first-order valence-corrected chi connectivity index (χ1v) is 8.93. The molecule has 0 saturated heterocycles. The Hall–Kier alpha value is -2.61. The fraction of sp³-hybridized carbons (Fsp3) is 0.389. The fourth-order valence-electron chi connectivity index (χ4n) is 2.52. The standard InChI is InChI=1S/C18H22N2O5S/c1-5-8-20(10-15(21)22)18(23)16-11(2)19-17(26-16)12-6-7-13(24-3)14(9-12)25-4/h6-7,9H,5,8,10H2,1-4H3,(H,21,22). The number of carboxylic acid groups (broad SMARTS) is 1. The number of carboxylic acids is 1. The first kappa shape index (κ1) is 19.7. The number of carbonyl (C=O) groups excluding carboxylic acids is 1. The molecule has 0 bridgehead atoms. The first-order valence-electron chi connectivity index (χ1n) is 8.12. The molecule has 0 atom stereocenters. The van der Waals surface area contributed by atoms with Gasteiger partial charge in [0, 0.05) is 12.1 Å². The lowest BCUT2D eigenvalue weighted by Gasteiger charge is -2.19. The highest BCUT2D eigenvalue weighted by Crippen LogP contribution is 2.35. The van der Waals surface area contributed by atoms with Gasteiger partial charge in [-0.1, -0.05) is 6.92 Å². The normalized spacial score (nSPS) is 10.5. The Morgan fingerprint density at radius 3 is 2.50 bits per heavy atom. The number of aromatic nitrogens is 1. The van der Waals surface area contributed by atoms with Gasteiger partial charge in [-0.15, -0.1) is 11.3 Å². The van der Waals surface area contributed by atoms with Gasteiger partial charge in [-0.05, 0) is 31.5 Å². The van der Waals surface area contributed by atoms with Crippen LogP contribution >= 0.6 is 11.3 Å². The van der Waals surface area contributed by atoms with E-state index in [4.69, 9.17) is 14.6 Å². The van der Waals surface area contributed by atoms with E-state index in [9.17, 15) is 9.59 Å². The van der Waals surface area contributed by atoms with Gasteiger partial charge in [0.25, 0.3) is 5.91 Å². The van der Waals surface area contributed by atoms with Crippen LogP contribution in [-0.4, -0.2) is 54.2 Å². The largest absolute Gasteiger partial charge is 0.493 e. The third kappa shape index (κ3) is 4.32. The van der Waals surface area contributed by atoms with Crippen molar-refractivity contribution in [2.45, 2.75) is 20.3 Å². The molecule has 8 heteroatoms. The molecular formula is C18H22N2O5S. The van der Waals surface area contributed by atoms with Crippen molar-refractivity contribution in [2.24, 2.45) is 0 Å². The average Bonchev–Trinajstić information content (AvgIpc) is 3.01. The molecule has 1 N–H and O–H groups in total. The van der Waals surface area contributed by atoms with Gasteiger partial charge in [0.2, 0.25) is 0 Å². The van der Waals surface area contributed by atoms with Gasteiger partial charge in [-0.3, -0.25) is 9.59 Å². The summed E-state index contributed by atoms with van der Waals surface area (Å²) in [4.78, 5) is 30.0. The second-order valence-corrected chi connectivity index (χ2v) is 6.62. The Bertz CT molecular complexity index is 803. The van der Waals surface area contributed by atoms with Crippen LogP contribution in [0.5, 0.6) is 11.5 Å². The number of amides is 1. The number of benzene rings is 1. The second kappa shape index (κ2) is 8.66. The first-order chi connectivity index (χ1) is 12.4. The molecule has 0 radical (unpaired) electrons. The molecule has 140 valence electrons. The quantitative estimate of drug-likeness (QED) is 0.759. The highest BCUT2D eigenvalue weighted by Gasteiger charge is 2.23. The Kier molecular flexibility index (Phi) is 6.57.